The summed E-state index contributed by atoms with van der Waals surface area (Å²) in [5, 5.41) is 8.54. The van der Waals surface area contributed by atoms with Gasteiger partial charge in [-0.05, 0) is 12.1 Å². The molecule has 1 fully saturated rings. The topological polar surface area (TPSA) is 66.0 Å². The average molecular weight is 192 g/mol. The highest BCUT2D eigenvalue weighted by Crippen LogP contribution is 1.99. The van der Waals surface area contributed by atoms with Crippen LogP contribution in [0.2, 0.25) is 0 Å². The molecule has 74 valence electrons. The van der Waals surface area contributed by atoms with E-state index in [4.69, 9.17) is 0 Å². The molecule has 1 aromatic heterocycles. The van der Waals surface area contributed by atoms with Gasteiger partial charge in [-0.15, -0.1) is 0 Å². The lowest BCUT2D eigenvalue weighted by Gasteiger charge is -2.27. The van der Waals surface area contributed by atoms with Crippen LogP contribution in [0, 0.1) is 0 Å². The number of hydrogen-bond donors (Lipinski definition) is 3. The van der Waals surface area contributed by atoms with Gasteiger partial charge in [-0.3, -0.25) is 5.32 Å². The van der Waals surface area contributed by atoms with Crippen LogP contribution in [0.1, 0.15) is 0 Å². The maximum atomic E-state index is 11.3. The lowest BCUT2D eigenvalue weighted by atomic mass is 10.2. The second-order valence-electron chi connectivity index (χ2n) is 3.17. The van der Waals surface area contributed by atoms with Gasteiger partial charge in [0.15, 0.2) is 0 Å². The monoisotopic (exact) mass is 192 g/mol. The summed E-state index contributed by atoms with van der Waals surface area (Å²) in [6.07, 6.45) is 1.64. The number of amides is 2. The van der Waals surface area contributed by atoms with Gasteiger partial charge in [0, 0.05) is 19.3 Å². The van der Waals surface area contributed by atoms with E-state index >= 15 is 0 Å². The maximum absolute atomic E-state index is 11.3. The molecule has 2 rings (SSSR count). The Labute approximate surface area is 81.9 Å². The van der Waals surface area contributed by atoms with Gasteiger partial charge in [0.25, 0.3) is 0 Å². The molecule has 1 saturated heterocycles. The van der Waals surface area contributed by atoms with Crippen LogP contribution in [0.15, 0.2) is 24.4 Å². The summed E-state index contributed by atoms with van der Waals surface area (Å²) in [6, 6.07) is 5.43. The predicted octanol–water partition coefficient (Wildman–Crippen LogP) is 0.175. The summed E-state index contributed by atoms with van der Waals surface area (Å²) in [5.74, 6) is 0.567. The number of urea groups is 1. The number of carbonyl (C=O) groups is 1. The van der Waals surface area contributed by atoms with Crippen molar-refractivity contribution in [3.63, 3.8) is 0 Å². The van der Waals surface area contributed by atoms with Crippen molar-refractivity contribution in [2.24, 2.45) is 0 Å². The summed E-state index contributed by atoms with van der Waals surface area (Å²) < 4.78 is 0. The third-order valence-electron chi connectivity index (χ3n) is 2.02. The van der Waals surface area contributed by atoms with Crippen molar-refractivity contribution in [2.45, 2.75) is 6.04 Å². The molecule has 0 atom stereocenters. The van der Waals surface area contributed by atoms with Crippen LogP contribution in [0.3, 0.4) is 0 Å². The van der Waals surface area contributed by atoms with Crippen LogP contribution >= 0.6 is 0 Å². The second-order valence-corrected chi connectivity index (χ2v) is 3.17. The molecule has 3 N–H and O–H groups in total. The molecular weight excluding hydrogens is 180 g/mol. The van der Waals surface area contributed by atoms with Gasteiger partial charge in [-0.25, -0.2) is 9.78 Å². The molecule has 0 saturated carbocycles. The first-order valence-electron chi connectivity index (χ1n) is 4.54. The van der Waals surface area contributed by atoms with Gasteiger partial charge < -0.3 is 10.6 Å². The van der Waals surface area contributed by atoms with E-state index in [0.29, 0.717) is 5.82 Å². The Bertz CT molecular complexity index is 310. The van der Waals surface area contributed by atoms with E-state index in [1.807, 2.05) is 6.07 Å². The molecule has 0 aromatic carbocycles. The average Bonchev–Trinajstić information content (AvgIpc) is 2.13. The van der Waals surface area contributed by atoms with Crippen molar-refractivity contribution in [3.8, 4) is 0 Å². The van der Waals surface area contributed by atoms with Crippen molar-refractivity contribution in [1.82, 2.24) is 15.6 Å². The minimum absolute atomic E-state index is 0.199. The Balaban J connectivity index is 1.82. The summed E-state index contributed by atoms with van der Waals surface area (Å²) in [5.41, 5.74) is 0. The number of nitrogens with zero attached hydrogens (tertiary/aromatic N) is 1. The van der Waals surface area contributed by atoms with Gasteiger partial charge in [0.2, 0.25) is 0 Å². The van der Waals surface area contributed by atoms with E-state index in [1.165, 1.54) is 0 Å². The molecule has 0 radical (unpaired) electrons. The van der Waals surface area contributed by atoms with Gasteiger partial charge in [0.05, 0.1) is 6.04 Å². The Kier molecular flexibility index (Phi) is 2.60. The number of nitrogens with one attached hydrogen (secondary N) is 3. The third kappa shape index (κ3) is 2.20. The molecule has 14 heavy (non-hydrogen) atoms. The van der Waals surface area contributed by atoms with Crippen LogP contribution < -0.4 is 16.0 Å². The fourth-order valence-corrected chi connectivity index (χ4v) is 1.17. The molecule has 1 aliphatic heterocycles. The second kappa shape index (κ2) is 4.06. The molecular formula is C9H12N4O. The number of carbonyl (C=O) groups excluding carboxylic acids is 1. The number of rotatable bonds is 2. The molecule has 0 bridgehead atoms. The minimum Gasteiger partial charge on any atom is -0.333 e. The third-order valence-corrected chi connectivity index (χ3v) is 2.02. The van der Waals surface area contributed by atoms with Crippen molar-refractivity contribution >= 4 is 11.8 Å². The fraction of sp³-hybridized carbons (Fsp3) is 0.333. The SMILES string of the molecule is O=C(Nc1ccccn1)NC1CNC1. The molecule has 0 spiro atoms. The van der Waals surface area contributed by atoms with Crippen molar-refractivity contribution in [3.05, 3.63) is 24.4 Å². The predicted molar refractivity (Wildman–Crippen MR) is 53.0 cm³/mol. The Morgan fingerprint density at radius 3 is 2.93 bits per heavy atom. The highest BCUT2D eigenvalue weighted by Gasteiger charge is 2.18. The van der Waals surface area contributed by atoms with Crippen LogP contribution in [0.5, 0.6) is 0 Å². The zero-order valence-electron chi connectivity index (χ0n) is 7.66. The van der Waals surface area contributed by atoms with Crippen LogP contribution in [0.25, 0.3) is 0 Å². The van der Waals surface area contributed by atoms with Gasteiger partial charge in [0.1, 0.15) is 5.82 Å². The molecule has 2 amide bonds. The quantitative estimate of drug-likeness (QED) is 0.626. The van der Waals surface area contributed by atoms with E-state index in [2.05, 4.69) is 20.9 Å². The van der Waals surface area contributed by atoms with Gasteiger partial charge in [-0.1, -0.05) is 6.07 Å². The van der Waals surface area contributed by atoms with Gasteiger partial charge >= 0.3 is 6.03 Å². The summed E-state index contributed by atoms with van der Waals surface area (Å²) in [7, 11) is 0. The highest BCUT2D eigenvalue weighted by molar-refractivity contribution is 5.88. The number of aromatic nitrogens is 1. The molecule has 5 heteroatoms. The van der Waals surface area contributed by atoms with E-state index in [0.717, 1.165) is 13.1 Å². The van der Waals surface area contributed by atoms with Crippen molar-refractivity contribution < 1.29 is 4.79 Å². The lowest BCUT2D eigenvalue weighted by Crippen LogP contribution is -2.57. The van der Waals surface area contributed by atoms with E-state index in [9.17, 15) is 4.79 Å². The van der Waals surface area contributed by atoms with Crippen LogP contribution in [-0.2, 0) is 0 Å². The fourth-order valence-electron chi connectivity index (χ4n) is 1.17. The van der Waals surface area contributed by atoms with E-state index in [-0.39, 0.29) is 12.1 Å². The first-order valence-corrected chi connectivity index (χ1v) is 4.54. The minimum atomic E-state index is -0.199. The summed E-state index contributed by atoms with van der Waals surface area (Å²) in [4.78, 5) is 15.3. The number of pyridine rings is 1. The van der Waals surface area contributed by atoms with Crippen LogP contribution in [0.4, 0.5) is 10.6 Å². The zero-order valence-corrected chi connectivity index (χ0v) is 7.66. The Morgan fingerprint density at radius 1 is 1.50 bits per heavy atom. The first-order chi connectivity index (χ1) is 6.84. The Morgan fingerprint density at radius 2 is 2.36 bits per heavy atom. The first kappa shape index (κ1) is 8.96. The maximum Gasteiger partial charge on any atom is 0.320 e. The normalized spacial score (nSPS) is 15.7. The van der Waals surface area contributed by atoms with Crippen molar-refractivity contribution in [2.75, 3.05) is 18.4 Å². The molecule has 2 heterocycles. The van der Waals surface area contributed by atoms with Crippen LogP contribution in [-0.4, -0.2) is 30.1 Å². The largest absolute Gasteiger partial charge is 0.333 e. The Hall–Kier alpha value is -1.62. The molecule has 5 nitrogen and oxygen atoms in total. The standard InChI is InChI=1S/C9H12N4O/c14-9(12-7-5-10-6-7)13-8-3-1-2-4-11-8/h1-4,7,10H,5-6H2,(H2,11,12,13,14). The number of anilines is 1. The summed E-state index contributed by atoms with van der Waals surface area (Å²) in [6.45, 7) is 1.69. The number of hydrogen-bond acceptors (Lipinski definition) is 3. The van der Waals surface area contributed by atoms with Crippen molar-refractivity contribution in [1.29, 1.82) is 0 Å². The molecule has 1 aliphatic rings. The van der Waals surface area contributed by atoms with Gasteiger partial charge in [-0.2, -0.15) is 0 Å². The molecule has 0 aliphatic carbocycles. The van der Waals surface area contributed by atoms with E-state index < -0.39 is 0 Å². The zero-order chi connectivity index (χ0) is 9.80. The molecule has 1 aromatic rings. The highest BCUT2D eigenvalue weighted by atomic mass is 16.2. The van der Waals surface area contributed by atoms with E-state index in [1.54, 1.807) is 18.3 Å². The molecule has 0 unspecified atom stereocenters. The summed E-state index contributed by atoms with van der Waals surface area (Å²) >= 11 is 0. The lowest BCUT2D eigenvalue weighted by molar-refractivity contribution is 0.243. The smallest absolute Gasteiger partial charge is 0.320 e.